The third-order valence-electron chi connectivity index (χ3n) is 2.99. The molecule has 21 heavy (non-hydrogen) atoms. The standard InChI is InChI=1S/C13H11BrF3NO2S/c1-7(19)21-9-5-12(20)18(6-9)8-2-3-10(11(14)4-8)13(15,16)17/h2-4,9H,5-6H2,1H3. The fraction of sp³-hybridized carbons (Fsp3) is 0.385. The van der Waals surface area contributed by atoms with E-state index in [-0.39, 0.29) is 27.2 Å². The molecule has 1 fully saturated rings. The number of amides is 1. The lowest BCUT2D eigenvalue weighted by molar-refractivity contribution is -0.138. The van der Waals surface area contributed by atoms with Gasteiger partial charge in [0, 0.05) is 35.3 Å². The number of carbonyl (C=O) groups excluding carboxylic acids is 2. The molecule has 1 aliphatic heterocycles. The molecule has 0 bridgehead atoms. The van der Waals surface area contributed by atoms with Gasteiger partial charge < -0.3 is 4.90 Å². The summed E-state index contributed by atoms with van der Waals surface area (Å²) in [6.45, 7) is 1.74. The molecule has 0 saturated carbocycles. The van der Waals surface area contributed by atoms with Crippen molar-refractivity contribution < 1.29 is 22.8 Å². The maximum absolute atomic E-state index is 12.7. The fourth-order valence-corrected chi connectivity index (χ4v) is 3.65. The number of halogens is 4. The van der Waals surface area contributed by atoms with Crippen LogP contribution in [0.1, 0.15) is 18.9 Å². The van der Waals surface area contributed by atoms with Gasteiger partial charge in [-0.05, 0) is 18.2 Å². The highest BCUT2D eigenvalue weighted by molar-refractivity contribution is 9.10. The molecular formula is C13H11BrF3NO2S. The summed E-state index contributed by atoms with van der Waals surface area (Å²) in [6, 6.07) is 3.49. The van der Waals surface area contributed by atoms with Crippen LogP contribution in [0.3, 0.4) is 0 Å². The first-order valence-corrected chi connectivity index (χ1v) is 7.70. The number of thioether (sulfide) groups is 1. The second-order valence-corrected chi connectivity index (χ2v) is 6.93. The Morgan fingerprint density at radius 3 is 2.62 bits per heavy atom. The Balaban J connectivity index is 2.21. The third kappa shape index (κ3) is 3.79. The number of carbonyl (C=O) groups is 2. The number of hydrogen-bond donors (Lipinski definition) is 0. The molecule has 1 atom stereocenters. The summed E-state index contributed by atoms with van der Waals surface area (Å²) in [5.74, 6) is -0.194. The average molecular weight is 382 g/mol. The van der Waals surface area contributed by atoms with E-state index in [0.29, 0.717) is 12.2 Å². The number of benzene rings is 1. The molecule has 1 heterocycles. The summed E-state index contributed by atoms with van der Waals surface area (Å²) in [7, 11) is 0. The van der Waals surface area contributed by atoms with Crippen molar-refractivity contribution in [1.82, 2.24) is 0 Å². The molecule has 0 aromatic heterocycles. The van der Waals surface area contributed by atoms with E-state index in [9.17, 15) is 22.8 Å². The lowest BCUT2D eigenvalue weighted by Gasteiger charge is -2.18. The Bertz CT molecular complexity index is 591. The van der Waals surface area contributed by atoms with Crippen LogP contribution < -0.4 is 4.90 Å². The Morgan fingerprint density at radius 2 is 2.10 bits per heavy atom. The molecule has 0 N–H and O–H groups in total. The predicted molar refractivity (Wildman–Crippen MR) is 78.2 cm³/mol. The van der Waals surface area contributed by atoms with Gasteiger partial charge in [0.25, 0.3) is 0 Å². The second-order valence-electron chi connectivity index (χ2n) is 4.60. The van der Waals surface area contributed by atoms with Crippen LogP contribution in [0.2, 0.25) is 0 Å². The molecule has 114 valence electrons. The highest BCUT2D eigenvalue weighted by Gasteiger charge is 2.35. The summed E-state index contributed by atoms with van der Waals surface area (Å²) >= 11 is 3.97. The third-order valence-corrected chi connectivity index (χ3v) is 4.63. The lowest BCUT2D eigenvalue weighted by atomic mass is 10.2. The zero-order valence-electron chi connectivity index (χ0n) is 10.9. The smallest absolute Gasteiger partial charge is 0.311 e. The molecule has 1 aliphatic rings. The van der Waals surface area contributed by atoms with E-state index in [2.05, 4.69) is 15.9 Å². The monoisotopic (exact) mass is 381 g/mol. The SMILES string of the molecule is CC(=O)SC1CC(=O)N(c2ccc(C(F)(F)F)c(Br)c2)C1. The quantitative estimate of drug-likeness (QED) is 0.780. The van der Waals surface area contributed by atoms with E-state index >= 15 is 0 Å². The van der Waals surface area contributed by atoms with Crippen molar-refractivity contribution in [2.45, 2.75) is 24.8 Å². The fourth-order valence-electron chi connectivity index (χ4n) is 2.14. The zero-order valence-corrected chi connectivity index (χ0v) is 13.3. The minimum absolute atomic E-state index is 0.0803. The predicted octanol–water partition coefficient (Wildman–Crippen LogP) is 3.85. The first-order valence-electron chi connectivity index (χ1n) is 6.03. The van der Waals surface area contributed by atoms with Crippen molar-refractivity contribution in [2.24, 2.45) is 0 Å². The summed E-state index contributed by atoms with van der Waals surface area (Å²) < 4.78 is 38.0. The van der Waals surface area contributed by atoms with Gasteiger partial charge in [0.1, 0.15) is 0 Å². The molecule has 1 amide bonds. The van der Waals surface area contributed by atoms with E-state index in [1.165, 1.54) is 24.0 Å². The molecule has 8 heteroatoms. The van der Waals surface area contributed by atoms with Gasteiger partial charge >= 0.3 is 6.18 Å². The molecule has 0 spiro atoms. The van der Waals surface area contributed by atoms with Gasteiger partial charge in [-0.2, -0.15) is 13.2 Å². The second kappa shape index (κ2) is 6.00. The number of anilines is 1. The normalized spacial score (nSPS) is 19.2. The van der Waals surface area contributed by atoms with Crippen molar-refractivity contribution in [1.29, 1.82) is 0 Å². The van der Waals surface area contributed by atoms with Crippen LogP contribution >= 0.6 is 27.7 Å². The molecular weight excluding hydrogens is 371 g/mol. The Labute approximate surface area is 132 Å². The minimum Gasteiger partial charge on any atom is -0.311 e. The molecule has 2 rings (SSSR count). The summed E-state index contributed by atoms with van der Waals surface area (Å²) in [4.78, 5) is 24.4. The van der Waals surface area contributed by atoms with Gasteiger partial charge in [0.05, 0.1) is 5.56 Å². The van der Waals surface area contributed by atoms with E-state index in [1.807, 2.05) is 0 Å². The van der Waals surface area contributed by atoms with E-state index in [4.69, 9.17) is 0 Å². The Morgan fingerprint density at radius 1 is 1.43 bits per heavy atom. The van der Waals surface area contributed by atoms with Gasteiger partial charge in [-0.15, -0.1) is 0 Å². The largest absolute Gasteiger partial charge is 0.417 e. The Kier molecular flexibility index (Phi) is 4.67. The zero-order chi connectivity index (χ0) is 15.8. The van der Waals surface area contributed by atoms with Crippen LogP contribution in [-0.2, 0) is 15.8 Å². The molecule has 3 nitrogen and oxygen atoms in total. The van der Waals surface area contributed by atoms with Crippen molar-refractivity contribution in [3.63, 3.8) is 0 Å². The number of alkyl halides is 3. The van der Waals surface area contributed by atoms with Gasteiger partial charge in [-0.1, -0.05) is 27.7 Å². The van der Waals surface area contributed by atoms with Crippen LogP contribution in [0, 0.1) is 0 Å². The van der Waals surface area contributed by atoms with E-state index in [1.54, 1.807) is 0 Å². The van der Waals surface area contributed by atoms with Crippen LogP contribution in [0.15, 0.2) is 22.7 Å². The molecule has 0 aliphatic carbocycles. The molecule has 1 aromatic carbocycles. The first kappa shape index (κ1) is 16.4. The maximum atomic E-state index is 12.7. The first-order chi connectivity index (χ1) is 9.68. The van der Waals surface area contributed by atoms with Crippen molar-refractivity contribution in [2.75, 3.05) is 11.4 Å². The van der Waals surface area contributed by atoms with Gasteiger partial charge in [0.15, 0.2) is 5.12 Å². The number of hydrogen-bond acceptors (Lipinski definition) is 3. The Hall–Kier alpha value is -1.02. The number of rotatable bonds is 2. The topological polar surface area (TPSA) is 37.4 Å². The van der Waals surface area contributed by atoms with Crippen molar-refractivity contribution in [3.8, 4) is 0 Å². The van der Waals surface area contributed by atoms with Gasteiger partial charge in [0.2, 0.25) is 5.91 Å². The summed E-state index contributed by atoms with van der Waals surface area (Å²) in [6.07, 6.45) is -4.23. The maximum Gasteiger partial charge on any atom is 0.417 e. The summed E-state index contributed by atoms with van der Waals surface area (Å²) in [5, 5.41) is -0.237. The molecule has 1 saturated heterocycles. The van der Waals surface area contributed by atoms with Crippen molar-refractivity contribution in [3.05, 3.63) is 28.2 Å². The molecule has 0 radical (unpaired) electrons. The van der Waals surface area contributed by atoms with Crippen LogP contribution in [0.4, 0.5) is 18.9 Å². The van der Waals surface area contributed by atoms with Crippen molar-refractivity contribution >= 4 is 44.4 Å². The van der Waals surface area contributed by atoms with E-state index < -0.39 is 11.7 Å². The summed E-state index contributed by atoms with van der Waals surface area (Å²) in [5.41, 5.74) is -0.390. The van der Waals surface area contributed by atoms with Crippen LogP contribution in [0.5, 0.6) is 0 Å². The molecule has 1 aromatic rings. The minimum atomic E-state index is -4.45. The average Bonchev–Trinajstić information content (AvgIpc) is 2.67. The van der Waals surface area contributed by atoms with Gasteiger partial charge in [-0.25, -0.2) is 0 Å². The van der Waals surface area contributed by atoms with Crippen LogP contribution in [-0.4, -0.2) is 22.8 Å². The lowest BCUT2D eigenvalue weighted by Crippen LogP contribution is -2.25. The highest BCUT2D eigenvalue weighted by atomic mass is 79.9. The van der Waals surface area contributed by atoms with Gasteiger partial charge in [-0.3, -0.25) is 9.59 Å². The number of nitrogens with zero attached hydrogens (tertiary/aromatic N) is 1. The molecule has 1 unspecified atom stereocenters. The highest BCUT2D eigenvalue weighted by Crippen LogP contribution is 2.38. The van der Waals surface area contributed by atoms with Crippen LogP contribution in [0.25, 0.3) is 0 Å². The van der Waals surface area contributed by atoms with E-state index in [0.717, 1.165) is 17.8 Å².